The smallest absolute Gasteiger partial charge is 0.326 e. The van der Waals surface area contributed by atoms with Crippen molar-refractivity contribution >= 4 is 35.9 Å². The third-order valence-electron chi connectivity index (χ3n) is 5.65. The van der Waals surface area contributed by atoms with Gasteiger partial charge in [-0.25, -0.2) is 4.79 Å². The lowest BCUT2D eigenvalue weighted by molar-refractivity contribution is -0.142. The third kappa shape index (κ3) is 26.9. The lowest BCUT2D eigenvalue weighted by atomic mass is 10.1. The van der Waals surface area contributed by atoms with E-state index in [0.717, 1.165) is 19.3 Å². The normalized spacial score (nSPS) is 11.4. The first-order valence-electron chi connectivity index (χ1n) is 14.2. The number of aldehydes is 1. The van der Waals surface area contributed by atoms with E-state index < -0.39 is 23.9 Å². The summed E-state index contributed by atoms with van der Waals surface area (Å²) in [6, 6.07) is -1.15. The minimum Gasteiger partial charge on any atom is -0.481 e. The highest BCUT2D eigenvalue weighted by atomic mass is 16.5. The number of carboxylic acid groups (broad SMARTS) is 2. The number of nitrogens with one attached hydrogen (secondary N) is 3. The molecule has 1 atom stereocenters. The Morgan fingerprint density at radius 1 is 0.610 bits per heavy atom. The molecule has 0 aromatic rings. The molecule has 0 aromatic heterocycles. The maximum Gasteiger partial charge on any atom is 0.326 e. The van der Waals surface area contributed by atoms with E-state index in [2.05, 4.69) is 16.0 Å². The van der Waals surface area contributed by atoms with Crippen LogP contribution in [-0.2, 0) is 43.0 Å². The van der Waals surface area contributed by atoms with E-state index in [9.17, 15) is 28.8 Å². The van der Waals surface area contributed by atoms with Gasteiger partial charge in [0, 0.05) is 58.4 Å². The highest BCUT2D eigenvalue weighted by Crippen LogP contribution is 2.05. The minimum atomic E-state index is -1.23. The van der Waals surface area contributed by atoms with Crippen LogP contribution < -0.4 is 16.0 Å². The fraction of sp³-hybridized carbons (Fsp3) is 0.778. The first-order chi connectivity index (χ1) is 19.8. The van der Waals surface area contributed by atoms with Crippen molar-refractivity contribution in [3.63, 3.8) is 0 Å². The highest BCUT2D eigenvalue weighted by molar-refractivity contribution is 5.87. The van der Waals surface area contributed by atoms with Gasteiger partial charge in [0.1, 0.15) is 12.3 Å². The Kier molecular flexibility index (Phi) is 25.0. The molecule has 41 heavy (non-hydrogen) atoms. The predicted octanol–water partition coefficient (Wildman–Crippen LogP) is 0.803. The Hall–Kier alpha value is -3.10. The molecule has 0 aromatic carbocycles. The van der Waals surface area contributed by atoms with Crippen LogP contribution in [0.3, 0.4) is 0 Å². The average molecular weight is 590 g/mol. The van der Waals surface area contributed by atoms with Gasteiger partial charge in [-0.1, -0.05) is 12.8 Å². The molecule has 0 heterocycles. The van der Waals surface area contributed by atoms with Crippen molar-refractivity contribution in [2.45, 2.75) is 83.1 Å². The molecule has 0 saturated carbocycles. The second-order valence-electron chi connectivity index (χ2n) is 9.25. The molecule has 5 N–H and O–H groups in total. The van der Waals surface area contributed by atoms with Crippen LogP contribution in [-0.4, -0.2) is 105 Å². The number of rotatable bonds is 29. The number of unbranched alkanes of at least 4 members (excludes halogenated alkanes) is 3. The van der Waals surface area contributed by atoms with Crippen molar-refractivity contribution in [1.82, 2.24) is 16.0 Å². The van der Waals surface area contributed by atoms with Gasteiger partial charge in [0.25, 0.3) is 0 Å². The number of aliphatic carboxylic acids is 2. The van der Waals surface area contributed by atoms with E-state index in [4.69, 9.17) is 24.4 Å². The molecule has 236 valence electrons. The molecule has 14 heteroatoms. The molecule has 1 unspecified atom stereocenters. The summed E-state index contributed by atoms with van der Waals surface area (Å²) in [7, 11) is 0. The Bertz CT molecular complexity index is 765. The summed E-state index contributed by atoms with van der Waals surface area (Å²) < 4.78 is 16.3. The molecule has 3 amide bonds. The molecule has 14 nitrogen and oxygen atoms in total. The molecule has 0 spiro atoms. The zero-order valence-corrected chi connectivity index (χ0v) is 23.9. The van der Waals surface area contributed by atoms with Crippen molar-refractivity contribution in [2.75, 3.05) is 52.7 Å². The van der Waals surface area contributed by atoms with Gasteiger partial charge in [0.15, 0.2) is 0 Å². The summed E-state index contributed by atoms with van der Waals surface area (Å²) in [5.41, 5.74) is 0. The van der Waals surface area contributed by atoms with Crippen molar-refractivity contribution in [3.05, 3.63) is 0 Å². The highest BCUT2D eigenvalue weighted by Gasteiger charge is 2.19. The van der Waals surface area contributed by atoms with Gasteiger partial charge in [-0.2, -0.15) is 0 Å². The summed E-state index contributed by atoms with van der Waals surface area (Å²) in [5.74, 6) is -2.91. The molecule has 0 aliphatic carbocycles. The monoisotopic (exact) mass is 589 g/mol. The van der Waals surface area contributed by atoms with Crippen LogP contribution in [0.25, 0.3) is 0 Å². The first-order valence-corrected chi connectivity index (χ1v) is 14.2. The van der Waals surface area contributed by atoms with Gasteiger partial charge in [-0.15, -0.1) is 0 Å². The van der Waals surface area contributed by atoms with Crippen molar-refractivity contribution < 1.29 is 53.2 Å². The number of hydrogen-bond donors (Lipinski definition) is 5. The number of carbonyl (C=O) groups is 6. The van der Waals surface area contributed by atoms with Gasteiger partial charge in [-0.3, -0.25) is 19.2 Å². The molecule has 0 bridgehead atoms. The Balaban J connectivity index is 3.44. The largest absolute Gasteiger partial charge is 0.481 e. The second-order valence-corrected chi connectivity index (χ2v) is 9.25. The van der Waals surface area contributed by atoms with Crippen LogP contribution in [0.2, 0.25) is 0 Å². The van der Waals surface area contributed by atoms with Gasteiger partial charge in [0.2, 0.25) is 17.7 Å². The van der Waals surface area contributed by atoms with E-state index in [1.807, 2.05) is 0 Å². The summed E-state index contributed by atoms with van der Waals surface area (Å²) >= 11 is 0. The number of carboxylic acids is 2. The number of carbonyl (C=O) groups excluding carboxylic acids is 4. The maximum atomic E-state index is 11.8. The lowest BCUT2D eigenvalue weighted by Gasteiger charge is -2.13. The quantitative estimate of drug-likeness (QED) is 0.0609. The van der Waals surface area contributed by atoms with Crippen LogP contribution in [0.4, 0.5) is 0 Å². The summed E-state index contributed by atoms with van der Waals surface area (Å²) in [5, 5.41) is 25.4. The SMILES string of the molecule is O=CCCC(NC(=O)CCC(=O)NCCCOCCOCCOCCCNC(=O)CCCCCCC(=O)O)C(=O)O. The summed E-state index contributed by atoms with van der Waals surface area (Å²) in [4.78, 5) is 67.2. The molecule has 0 aliphatic heterocycles. The molecular formula is C27H47N3O11. The number of hydrogen-bond acceptors (Lipinski definition) is 9. The third-order valence-corrected chi connectivity index (χ3v) is 5.65. The average Bonchev–Trinajstić information content (AvgIpc) is 2.93. The number of ether oxygens (including phenoxy) is 3. The fourth-order valence-corrected chi connectivity index (χ4v) is 3.42. The molecule has 0 fully saturated rings. The first kappa shape index (κ1) is 37.9. The molecular weight excluding hydrogens is 542 g/mol. The number of amides is 3. The standard InChI is InChI=1S/C27H47N3O11/c31-15-5-8-22(27(37)38)30-25(34)12-11-24(33)29-14-7-17-40-19-21-41-20-18-39-16-6-13-28-23(32)9-3-1-2-4-10-26(35)36/h15,22H,1-14,16-21H2,(H,28,32)(H,29,33)(H,30,34)(H,35,36)(H,37,38). The van der Waals surface area contributed by atoms with Gasteiger partial charge < -0.3 is 45.2 Å². The zero-order valence-electron chi connectivity index (χ0n) is 23.9. The van der Waals surface area contributed by atoms with Crippen molar-refractivity contribution in [3.8, 4) is 0 Å². The summed E-state index contributed by atoms with van der Waals surface area (Å²) in [6.45, 7) is 3.51. The van der Waals surface area contributed by atoms with Crippen LogP contribution in [0.15, 0.2) is 0 Å². The van der Waals surface area contributed by atoms with E-state index >= 15 is 0 Å². The molecule has 0 radical (unpaired) electrons. The zero-order chi connectivity index (χ0) is 30.6. The molecule has 0 aliphatic rings. The van der Waals surface area contributed by atoms with Gasteiger partial charge in [0.05, 0.1) is 26.4 Å². The Morgan fingerprint density at radius 2 is 1.10 bits per heavy atom. The van der Waals surface area contributed by atoms with Crippen molar-refractivity contribution in [1.29, 1.82) is 0 Å². The predicted molar refractivity (Wildman–Crippen MR) is 147 cm³/mol. The summed E-state index contributed by atoms with van der Waals surface area (Å²) in [6.07, 6.45) is 5.35. The van der Waals surface area contributed by atoms with E-state index in [0.29, 0.717) is 84.7 Å². The van der Waals surface area contributed by atoms with E-state index in [1.165, 1.54) is 0 Å². The van der Waals surface area contributed by atoms with Crippen LogP contribution in [0, 0.1) is 0 Å². The van der Waals surface area contributed by atoms with Crippen LogP contribution >= 0.6 is 0 Å². The van der Waals surface area contributed by atoms with Gasteiger partial charge >= 0.3 is 11.9 Å². The second kappa shape index (κ2) is 27.1. The minimum absolute atomic E-state index is 0.000880. The molecule has 0 rings (SSSR count). The topological polar surface area (TPSA) is 207 Å². The maximum absolute atomic E-state index is 11.8. The fourth-order valence-electron chi connectivity index (χ4n) is 3.42. The van der Waals surface area contributed by atoms with Crippen molar-refractivity contribution in [2.24, 2.45) is 0 Å². The Morgan fingerprint density at radius 3 is 1.61 bits per heavy atom. The van der Waals surface area contributed by atoms with Crippen LogP contribution in [0.5, 0.6) is 0 Å². The molecule has 0 saturated heterocycles. The van der Waals surface area contributed by atoms with Gasteiger partial charge in [-0.05, 0) is 32.1 Å². The lowest BCUT2D eigenvalue weighted by Crippen LogP contribution is -2.41. The van der Waals surface area contributed by atoms with Crippen LogP contribution in [0.1, 0.15) is 77.0 Å². The van der Waals surface area contributed by atoms with E-state index in [1.54, 1.807) is 0 Å². The Labute approximate surface area is 241 Å². The van der Waals surface area contributed by atoms with E-state index in [-0.39, 0.29) is 43.9 Å².